The Balaban J connectivity index is 0. The maximum absolute atomic E-state index is 6.22. The van der Waals surface area contributed by atoms with Crippen LogP contribution < -0.4 is 11.9 Å². The summed E-state index contributed by atoms with van der Waals surface area (Å²) in [7, 11) is 0. The van der Waals surface area contributed by atoms with Crippen LogP contribution in [0.1, 0.15) is 0 Å². The van der Waals surface area contributed by atoms with Crippen molar-refractivity contribution in [1.29, 1.82) is 5.41 Å². The van der Waals surface area contributed by atoms with Crippen LogP contribution in [0.3, 0.4) is 0 Å². The van der Waals surface area contributed by atoms with Gasteiger partial charge in [-0.2, -0.15) is 0 Å². The van der Waals surface area contributed by atoms with Crippen molar-refractivity contribution in [2.75, 3.05) is 0 Å². The summed E-state index contributed by atoms with van der Waals surface area (Å²) in [5, 5.41) is 6.22. The molecule has 31 valence electrons. The van der Waals surface area contributed by atoms with Crippen molar-refractivity contribution in [1.82, 2.24) is 6.15 Å². The SMILES string of the molecule is N.N=C(N)[Se]. The number of amidine groups is 1. The topological polar surface area (TPSA) is 84.9 Å². The summed E-state index contributed by atoms with van der Waals surface area (Å²) in [5.74, 6) is 0. The van der Waals surface area contributed by atoms with E-state index in [1.807, 2.05) is 0 Å². The molecule has 6 N–H and O–H groups in total. The summed E-state index contributed by atoms with van der Waals surface area (Å²) in [6, 6.07) is 0. The van der Waals surface area contributed by atoms with Crippen molar-refractivity contribution >= 4 is 20.7 Å². The molecule has 0 atom stereocenters. The fourth-order valence-electron chi connectivity index (χ4n) is 0. The Labute approximate surface area is 38.8 Å². The molecule has 0 bridgehead atoms. The summed E-state index contributed by atoms with van der Waals surface area (Å²) in [4.78, 5) is 0. The number of rotatable bonds is 0. The molecule has 0 rings (SSSR count). The standard InChI is InChI=1S/CH3N2Se.H3N/c2-1(3)4;/h(H3,2,3);1H3. The van der Waals surface area contributed by atoms with E-state index in [1.54, 1.807) is 0 Å². The average Bonchev–Trinajstić information content (AvgIpc) is 0.811. The van der Waals surface area contributed by atoms with Crippen LogP contribution in [0, 0.1) is 5.41 Å². The van der Waals surface area contributed by atoms with E-state index in [1.165, 1.54) is 0 Å². The summed E-state index contributed by atoms with van der Waals surface area (Å²) >= 11 is 2.26. The van der Waals surface area contributed by atoms with Gasteiger partial charge in [-0.05, 0) is 0 Å². The van der Waals surface area contributed by atoms with E-state index in [2.05, 4.69) is 21.7 Å². The Bertz CT molecular complexity index is 29.9. The average molecular weight is 139 g/mol. The monoisotopic (exact) mass is 140 g/mol. The Morgan fingerprint density at radius 3 is 1.80 bits per heavy atom. The van der Waals surface area contributed by atoms with Gasteiger partial charge in [-0.15, -0.1) is 0 Å². The zero-order valence-electron chi connectivity index (χ0n) is 2.69. The molecule has 0 heterocycles. The molecular formula is CH6N3Se. The third-order valence-corrected chi connectivity index (χ3v) is 0. The fraction of sp³-hybridized carbons (Fsp3) is 0. The minimum absolute atomic E-state index is 0. The summed E-state index contributed by atoms with van der Waals surface area (Å²) in [6.07, 6.45) is 0. The molecular weight excluding hydrogens is 133 g/mol. The molecule has 0 unspecified atom stereocenters. The Hall–Kier alpha value is -0.0505. The van der Waals surface area contributed by atoms with Crippen LogP contribution in [0.15, 0.2) is 0 Å². The van der Waals surface area contributed by atoms with Gasteiger partial charge in [-0.1, -0.05) is 0 Å². The second kappa shape index (κ2) is 3.95. The first kappa shape index (κ1) is 8.87. The molecule has 0 aliphatic heterocycles. The summed E-state index contributed by atoms with van der Waals surface area (Å²) in [5.41, 5.74) is 4.64. The molecule has 0 aromatic carbocycles. The first-order valence-corrected chi connectivity index (χ1v) is 1.60. The second-order valence-electron chi connectivity index (χ2n) is 0.364. The zero-order chi connectivity index (χ0) is 3.58. The molecule has 0 aliphatic carbocycles. The first-order valence-electron chi connectivity index (χ1n) is 0.743. The Morgan fingerprint density at radius 1 is 1.80 bits per heavy atom. The third-order valence-electron chi connectivity index (χ3n) is 0. The molecule has 0 spiro atoms. The van der Waals surface area contributed by atoms with E-state index in [0.717, 1.165) is 0 Å². The number of hydrogen-bond acceptors (Lipinski definition) is 2. The van der Waals surface area contributed by atoms with Crippen molar-refractivity contribution in [3.8, 4) is 0 Å². The van der Waals surface area contributed by atoms with Crippen molar-refractivity contribution in [2.45, 2.75) is 0 Å². The van der Waals surface area contributed by atoms with Gasteiger partial charge in [0.25, 0.3) is 0 Å². The van der Waals surface area contributed by atoms with E-state index in [0.29, 0.717) is 0 Å². The molecule has 3 nitrogen and oxygen atoms in total. The van der Waals surface area contributed by atoms with Crippen molar-refractivity contribution < 1.29 is 0 Å². The van der Waals surface area contributed by atoms with Gasteiger partial charge in [0.2, 0.25) is 0 Å². The van der Waals surface area contributed by atoms with Crippen molar-refractivity contribution in [3.63, 3.8) is 0 Å². The van der Waals surface area contributed by atoms with E-state index >= 15 is 0 Å². The van der Waals surface area contributed by atoms with Crippen LogP contribution in [0.5, 0.6) is 0 Å². The summed E-state index contributed by atoms with van der Waals surface area (Å²) < 4.78 is 0.0417. The van der Waals surface area contributed by atoms with Crippen LogP contribution >= 0.6 is 0 Å². The molecule has 0 fully saturated rings. The van der Waals surface area contributed by atoms with Gasteiger partial charge in [0.1, 0.15) is 0 Å². The van der Waals surface area contributed by atoms with Crippen LogP contribution in [-0.2, 0) is 0 Å². The fourth-order valence-corrected chi connectivity index (χ4v) is 0. The molecule has 0 aromatic rings. The molecule has 5 heavy (non-hydrogen) atoms. The zero-order valence-corrected chi connectivity index (χ0v) is 4.41. The van der Waals surface area contributed by atoms with Crippen molar-refractivity contribution in [3.05, 3.63) is 0 Å². The molecule has 0 aliphatic rings. The van der Waals surface area contributed by atoms with Crippen LogP contribution in [0.4, 0.5) is 0 Å². The molecule has 1 radical (unpaired) electrons. The van der Waals surface area contributed by atoms with Crippen molar-refractivity contribution in [2.24, 2.45) is 5.73 Å². The molecule has 0 amide bonds. The van der Waals surface area contributed by atoms with Gasteiger partial charge in [0.15, 0.2) is 0 Å². The Morgan fingerprint density at radius 2 is 1.80 bits per heavy atom. The minimum atomic E-state index is 0. The van der Waals surface area contributed by atoms with E-state index in [-0.39, 0.29) is 10.9 Å². The third kappa shape index (κ3) is 5880. The quantitative estimate of drug-likeness (QED) is 0.233. The normalized spacial score (nSPS) is 4.80. The van der Waals surface area contributed by atoms with Gasteiger partial charge in [-0.3, -0.25) is 0 Å². The van der Waals surface area contributed by atoms with Crippen LogP contribution in [-0.4, -0.2) is 20.7 Å². The molecule has 0 saturated heterocycles. The summed E-state index contributed by atoms with van der Waals surface area (Å²) in [6.45, 7) is 0. The number of nitrogens with one attached hydrogen (secondary N) is 1. The number of hydrogen-bond donors (Lipinski definition) is 3. The van der Waals surface area contributed by atoms with Gasteiger partial charge in [0.05, 0.1) is 0 Å². The first-order chi connectivity index (χ1) is 1.73. The molecule has 0 saturated carbocycles. The molecule has 4 heteroatoms. The van der Waals surface area contributed by atoms with Gasteiger partial charge >= 0.3 is 31.9 Å². The van der Waals surface area contributed by atoms with Gasteiger partial charge < -0.3 is 6.15 Å². The van der Waals surface area contributed by atoms with Crippen LogP contribution in [0.2, 0.25) is 0 Å². The number of nitrogens with two attached hydrogens (primary N) is 1. The maximum atomic E-state index is 6.22. The van der Waals surface area contributed by atoms with E-state index in [9.17, 15) is 0 Å². The predicted molar refractivity (Wildman–Crippen MR) is 22.7 cm³/mol. The Kier molecular flexibility index (Phi) is 7.01. The van der Waals surface area contributed by atoms with E-state index < -0.39 is 0 Å². The van der Waals surface area contributed by atoms with Crippen LogP contribution in [0.25, 0.3) is 0 Å². The predicted octanol–water partition coefficient (Wildman–Crippen LogP) is -0.790. The van der Waals surface area contributed by atoms with Gasteiger partial charge in [-0.25, -0.2) is 0 Å². The van der Waals surface area contributed by atoms with Gasteiger partial charge in [0, 0.05) is 0 Å². The molecule has 0 aromatic heterocycles. The van der Waals surface area contributed by atoms with E-state index in [4.69, 9.17) is 5.41 Å². The second-order valence-corrected chi connectivity index (χ2v) is 1.29.